The van der Waals surface area contributed by atoms with Crippen molar-refractivity contribution in [3.05, 3.63) is 41.5 Å². The van der Waals surface area contributed by atoms with Crippen molar-refractivity contribution in [2.24, 2.45) is 0 Å². The topological polar surface area (TPSA) is 81.4 Å². The summed E-state index contributed by atoms with van der Waals surface area (Å²) in [7, 11) is 0. The van der Waals surface area contributed by atoms with E-state index in [0.717, 1.165) is 37.5 Å². The normalized spacial score (nSPS) is 17.5. The predicted molar refractivity (Wildman–Crippen MR) is 119 cm³/mol. The molecule has 0 bridgehead atoms. The van der Waals surface area contributed by atoms with E-state index in [0.29, 0.717) is 19.0 Å². The summed E-state index contributed by atoms with van der Waals surface area (Å²) in [6, 6.07) is 9.40. The van der Waals surface area contributed by atoms with Crippen LogP contribution >= 0.6 is 0 Å². The number of aromatic nitrogens is 1. The third kappa shape index (κ3) is 4.74. The first-order valence-corrected chi connectivity index (χ1v) is 11.1. The molecule has 8 nitrogen and oxygen atoms in total. The van der Waals surface area contributed by atoms with Crippen LogP contribution in [0.4, 0.5) is 10.5 Å². The van der Waals surface area contributed by atoms with Gasteiger partial charge in [-0.05, 0) is 42.0 Å². The van der Waals surface area contributed by atoms with Crippen molar-refractivity contribution in [3.8, 4) is 11.8 Å². The number of rotatable bonds is 5. The average molecular weight is 429 g/mol. The quantitative estimate of drug-likeness (QED) is 0.762. The first kappa shape index (κ1) is 21.4. The van der Waals surface area contributed by atoms with E-state index >= 15 is 0 Å². The molecule has 0 spiro atoms. The molecule has 0 radical (unpaired) electrons. The van der Waals surface area contributed by atoms with Crippen LogP contribution < -0.4 is 9.74 Å². The Morgan fingerprint density at radius 2 is 1.61 bits per heavy atom. The summed E-state index contributed by atoms with van der Waals surface area (Å²) in [5, 5.41) is 19.3. The van der Waals surface area contributed by atoms with E-state index in [-0.39, 0.29) is 11.8 Å². The fourth-order valence-corrected chi connectivity index (χ4v) is 4.40. The Hall–Kier alpha value is -2.87. The van der Waals surface area contributed by atoms with Crippen LogP contribution in [-0.4, -0.2) is 70.1 Å². The van der Waals surface area contributed by atoms with Gasteiger partial charge in [0, 0.05) is 63.6 Å². The lowest BCUT2D eigenvalue weighted by atomic mass is 9.95. The summed E-state index contributed by atoms with van der Waals surface area (Å²) in [4.78, 5) is 23.9. The second-order valence-corrected chi connectivity index (χ2v) is 8.70. The largest absolute Gasteiger partial charge is 0.492 e. The minimum absolute atomic E-state index is 0.317. The maximum Gasteiger partial charge on any atom is 0.434 e. The van der Waals surface area contributed by atoms with E-state index in [1.54, 1.807) is 4.90 Å². The lowest BCUT2D eigenvalue weighted by Crippen LogP contribution is -2.50. The smallest absolute Gasteiger partial charge is 0.434 e. The first-order valence-electron chi connectivity index (χ1n) is 11.1. The number of anilines is 1. The third-order valence-corrected chi connectivity index (χ3v) is 6.21. The fraction of sp³-hybridized carbons (Fsp3) is 0.522. The van der Waals surface area contributed by atoms with Gasteiger partial charge >= 0.3 is 6.09 Å². The highest BCUT2D eigenvalue weighted by atomic mass is 16.7. The summed E-state index contributed by atoms with van der Waals surface area (Å²) in [6.45, 7) is 10.2. The van der Waals surface area contributed by atoms with Crippen LogP contribution in [0.3, 0.4) is 0 Å². The molecule has 2 aliphatic heterocycles. The minimum Gasteiger partial charge on any atom is -0.492 e. The summed E-state index contributed by atoms with van der Waals surface area (Å²) in [6.07, 6.45) is 1.96. The van der Waals surface area contributed by atoms with Crippen LogP contribution in [0, 0.1) is 0 Å². The van der Waals surface area contributed by atoms with E-state index in [4.69, 9.17) is 4.84 Å². The second-order valence-electron chi connectivity index (χ2n) is 8.70. The summed E-state index contributed by atoms with van der Waals surface area (Å²) < 4.78 is 0.728. The molecule has 4 rings (SSSR count). The molecular formula is C23H32N4O4. The van der Waals surface area contributed by atoms with Gasteiger partial charge in [0.1, 0.15) is 0 Å². The highest BCUT2D eigenvalue weighted by molar-refractivity contribution is 5.68. The molecule has 2 aromatic rings. The van der Waals surface area contributed by atoms with Gasteiger partial charge in [-0.15, -0.1) is 4.73 Å². The van der Waals surface area contributed by atoms with Gasteiger partial charge in [-0.2, -0.15) is 0 Å². The molecule has 1 amide bonds. The van der Waals surface area contributed by atoms with Gasteiger partial charge in [0.15, 0.2) is 0 Å². The Morgan fingerprint density at radius 3 is 2.23 bits per heavy atom. The maximum atomic E-state index is 12.4. The lowest BCUT2D eigenvalue weighted by Gasteiger charge is -2.34. The SMILES string of the molecule is CC(C)c1cc(N2CCCC2)ccc1CN1CCN(C(=O)On2c(O)ccc2O)CC1. The third-order valence-electron chi connectivity index (χ3n) is 6.21. The number of hydrogen-bond acceptors (Lipinski definition) is 6. The molecular weight excluding hydrogens is 396 g/mol. The molecule has 31 heavy (non-hydrogen) atoms. The highest BCUT2D eigenvalue weighted by Crippen LogP contribution is 2.29. The number of carbonyl (C=O) groups excluding carboxylic acids is 1. The molecule has 0 saturated carbocycles. The van der Waals surface area contributed by atoms with Crippen molar-refractivity contribution < 1.29 is 19.8 Å². The molecule has 2 fully saturated rings. The molecule has 2 aliphatic rings. The number of amides is 1. The zero-order valence-corrected chi connectivity index (χ0v) is 18.3. The van der Waals surface area contributed by atoms with E-state index < -0.39 is 6.09 Å². The molecule has 2 N–H and O–H groups in total. The van der Waals surface area contributed by atoms with Gasteiger partial charge in [-0.1, -0.05) is 19.9 Å². The Kier molecular flexibility index (Phi) is 6.27. The Morgan fingerprint density at radius 1 is 0.968 bits per heavy atom. The van der Waals surface area contributed by atoms with Gasteiger partial charge < -0.3 is 24.9 Å². The fourth-order valence-electron chi connectivity index (χ4n) is 4.40. The van der Waals surface area contributed by atoms with E-state index in [1.807, 2.05) is 0 Å². The van der Waals surface area contributed by atoms with Gasteiger partial charge in [-0.3, -0.25) is 4.90 Å². The molecule has 1 aromatic heterocycles. The van der Waals surface area contributed by atoms with E-state index in [2.05, 4.69) is 41.8 Å². The van der Waals surface area contributed by atoms with E-state index in [1.165, 1.54) is 41.8 Å². The Labute approximate surface area is 183 Å². The molecule has 2 saturated heterocycles. The number of benzene rings is 1. The number of piperazine rings is 1. The highest BCUT2D eigenvalue weighted by Gasteiger charge is 2.25. The lowest BCUT2D eigenvalue weighted by molar-refractivity contribution is 0.0555. The number of nitrogens with zero attached hydrogens (tertiary/aromatic N) is 4. The predicted octanol–water partition coefficient (Wildman–Crippen LogP) is 2.99. The zero-order chi connectivity index (χ0) is 22.0. The minimum atomic E-state index is -0.584. The van der Waals surface area contributed by atoms with Crippen LogP contribution in [-0.2, 0) is 6.54 Å². The van der Waals surface area contributed by atoms with Gasteiger partial charge in [0.05, 0.1) is 0 Å². The number of aromatic hydroxyl groups is 2. The summed E-state index contributed by atoms with van der Waals surface area (Å²) in [5.74, 6) is -0.179. The Bertz CT molecular complexity index is 893. The van der Waals surface area contributed by atoms with E-state index in [9.17, 15) is 15.0 Å². The van der Waals surface area contributed by atoms with Gasteiger partial charge in [-0.25, -0.2) is 4.79 Å². The van der Waals surface area contributed by atoms with Gasteiger partial charge in [0.2, 0.25) is 11.8 Å². The standard InChI is InChI=1S/C23H32N4O4/c1-17(2)20-15-19(25-9-3-4-10-25)6-5-18(20)16-24-11-13-26(14-12-24)23(30)31-27-21(28)7-8-22(27)29/h5-8,15,17,28-29H,3-4,9-14,16H2,1-2H3. The van der Waals surface area contributed by atoms with Crippen LogP contribution in [0.1, 0.15) is 43.7 Å². The molecule has 0 aliphatic carbocycles. The van der Waals surface area contributed by atoms with Crippen molar-refractivity contribution in [1.82, 2.24) is 14.5 Å². The van der Waals surface area contributed by atoms with Crippen LogP contribution in [0.15, 0.2) is 30.3 Å². The van der Waals surface area contributed by atoms with Crippen molar-refractivity contribution >= 4 is 11.8 Å². The van der Waals surface area contributed by atoms with Crippen LogP contribution in [0.25, 0.3) is 0 Å². The molecule has 0 unspecified atom stereocenters. The second kappa shape index (κ2) is 9.09. The molecule has 0 atom stereocenters. The Balaban J connectivity index is 1.35. The van der Waals surface area contributed by atoms with Crippen molar-refractivity contribution in [3.63, 3.8) is 0 Å². The zero-order valence-electron chi connectivity index (χ0n) is 18.3. The number of carbonyl (C=O) groups is 1. The molecule has 168 valence electrons. The van der Waals surface area contributed by atoms with Crippen LogP contribution in [0.2, 0.25) is 0 Å². The summed E-state index contributed by atoms with van der Waals surface area (Å²) >= 11 is 0. The van der Waals surface area contributed by atoms with Crippen LogP contribution in [0.5, 0.6) is 11.8 Å². The van der Waals surface area contributed by atoms with Crippen molar-refractivity contribution in [2.45, 2.75) is 39.2 Å². The molecule has 3 heterocycles. The van der Waals surface area contributed by atoms with Crippen molar-refractivity contribution in [2.75, 3.05) is 44.2 Å². The monoisotopic (exact) mass is 428 g/mol. The first-order chi connectivity index (χ1) is 14.9. The average Bonchev–Trinajstić information content (AvgIpc) is 3.40. The maximum absolute atomic E-state index is 12.4. The molecule has 8 heteroatoms. The van der Waals surface area contributed by atoms with Crippen molar-refractivity contribution in [1.29, 1.82) is 0 Å². The summed E-state index contributed by atoms with van der Waals surface area (Å²) in [5.41, 5.74) is 4.06. The van der Waals surface area contributed by atoms with Gasteiger partial charge in [0.25, 0.3) is 0 Å². The molecule has 1 aromatic carbocycles. The number of hydrogen-bond donors (Lipinski definition) is 2.